The number of para-hydroxylation sites is 1. The first kappa shape index (κ1) is 19.2. The fourth-order valence-electron chi connectivity index (χ4n) is 3.53. The Morgan fingerprint density at radius 2 is 1.74 bits per heavy atom. The lowest BCUT2D eigenvalue weighted by atomic mass is 10.0. The third-order valence-electron chi connectivity index (χ3n) is 5.05. The molecule has 2 aromatic carbocycles. The fraction of sp³-hybridized carbons (Fsp3) is 0.409. The molecule has 1 unspecified atom stereocenters. The molecular weight excluding hydrogens is 338 g/mol. The van der Waals surface area contributed by atoms with E-state index in [2.05, 4.69) is 27.7 Å². The predicted molar refractivity (Wildman–Crippen MR) is 109 cm³/mol. The highest BCUT2D eigenvalue weighted by molar-refractivity contribution is 5.80. The highest BCUT2D eigenvalue weighted by atomic mass is 16.5. The molecular formula is C22H29N3O2. The summed E-state index contributed by atoms with van der Waals surface area (Å²) in [7, 11) is 1.68. The molecule has 1 atom stereocenters. The summed E-state index contributed by atoms with van der Waals surface area (Å²) in [4.78, 5) is 14.8. The minimum Gasteiger partial charge on any atom is -0.497 e. The van der Waals surface area contributed by atoms with E-state index in [1.54, 1.807) is 7.11 Å². The summed E-state index contributed by atoms with van der Waals surface area (Å²) in [6.45, 7) is 3.05. The Hall–Kier alpha value is -2.53. The largest absolute Gasteiger partial charge is 0.497 e. The lowest BCUT2D eigenvalue weighted by Crippen LogP contribution is -2.41. The van der Waals surface area contributed by atoms with Crippen LogP contribution in [-0.4, -0.2) is 44.1 Å². The van der Waals surface area contributed by atoms with Gasteiger partial charge < -0.3 is 15.4 Å². The van der Waals surface area contributed by atoms with E-state index in [0.717, 1.165) is 24.5 Å². The molecule has 3 rings (SSSR count). The third kappa shape index (κ3) is 5.73. The topological polar surface area (TPSA) is 53.6 Å². The number of nitrogens with one attached hydrogen (secondary N) is 2. The van der Waals surface area contributed by atoms with Crippen LogP contribution in [0.15, 0.2) is 54.6 Å². The molecule has 1 aliphatic heterocycles. The van der Waals surface area contributed by atoms with E-state index in [0.29, 0.717) is 6.54 Å². The number of methoxy groups -OCH3 is 1. The molecule has 0 bridgehead atoms. The lowest BCUT2D eigenvalue weighted by molar-refractivity contribution is -0.119. The number of likely N-dealkylation sites (tertiary alicyclic amines) is 1. The maximum Gasteiger partial charge on any atom is 0.239 e. The molecule has 5 nitrogen and oxygen atoms in total. The number of amides is 1. The lowest BCUT2D eigenvalue weighted by Gasteiger charge is -2.35. The highest BCUT2D eigenvalue weighted by Crippen LogP contribution is 2.25. The van der Waals surface area contributed by atoms with Crippen LogP contribution >= 0.6 is 0 Å². The molecule has 144 valence electrons. The minimum atomic E-state index is 0.00868. The number of rotatable bonds is 8. The van der Waals surface area contributed by atoms with Gasteiger partial charge in [-0.1, -0.05) is 36.8 Å². The van der Waals surface area contributed by atoms with Gasteiger partial charge in [-0.15, -0.1) is 0 Å². The Labute approximate surface area is 161 Å². The van der Waals surface area contributed by atoms with Gasteiger partial charge in [0, 0.05) is 12.2 Å². The second kappa shape index (κ2) is 9.97. The molecule has 1 fully saturated rings. The standard InChI is InChI=1S/C22H29N3O2/c1-27-20-12-10-18(11-13-20)21(25-14-6-3-7-15-25)16-24-22(26)17-23-19-8-4-2-5-9-19/h2,4-5,8-13,21,23H,3,6-7,14-17H2,1H3,(H,24,26). The van der Waals surface area contributed by atoms with Crippen molar-refractivity contribution in [1.82, 2.24) is 10.2 Å². The van der Waals surface area contributed by atoms with Gasteiger partial charge in [0.05, 0.1) is 19.7 Å². The van der Waals surface area contributed by atoms with Gasteiger partial charge in [0.15, 0.2) is 0 Å². The van der Waals surface area contributed by atoms with Gasteiger partial charge >= 0.3 is 0 Å². The minimum absolute atomic E-state index is 0.00868. The van der Waals surface area contributed by atoms with Crippen LogP contribution in [0.1, 0.15) is 30.9 Å². The van der Waals surface area contributed by atoms with Gasteiger partial charge in [0.25, 0.3) is 0 Å². The van der Waals surface area contributed by atoms with Gasteiger partial charge in [-0.3, -0.25) is 9.69 Å². The monoisotopic (exact) mass is 367 g/mol. The molecule has 0 aliphatic carbocycles. The van der Waals surface area contributed by atoms with Crippen molar-refractivity contribution in [2.24, 2.45) is 0 Å². The van der Waals surface area contributed by atoms with Gasteiger partial charge in [0.1, 0.15) is 5.75 Å². The number of carbonyl (C=O) groups is 1. The zero-order chi connectivity index (χ0) is 18.9. The Morgan fingerprint density at radius 1 is 1.04 bits per heavy atom. The Kier molecular flexibility index (Phi) is 7.11. The summed E-state index contributed by atoms with van der Waals surface area (Å²) in [5.41, 5.74) is 2.17. The first-order chi connectivity index (χ1) is 13.3. The van der Waals surface area contributed by atoms with Crippen molar-refractivity contribution in [3.63, 3.8) is 0 Å². The number of nitrogens with zero attached hydrogens (tertiary/aromatic N) is 1. The van der Waals surface area contributed by atoms with Gasteiger partial charge in [-0.05, 0) is 55.8 Å². The van der Waals surface area contributed by atoms with Gasteiger partial charge in [-0.2, -0.15) is 0 Å². The molecule has 1 saturated heterocycles. The van der Waals surface area contributed by atoms with E-state index >= 15 is 0 Å². The third-order valence-corrected chi connectivity index (χ3v) is 5.05. The maximum atomic E-state index is 12.3. The number of anilines is 1. The quantitative estimate of drug-likeness (QED) is 0.750. The van der Waals surface area contributed by atoms with Crippen molar-refractivity contribution in [3.8, 4) is 5.75 Å². The van der Waals surface area contributed by atoms with Gasteiger partial charge in [-0.25, -0.2) is 0 Å². The van der Waals surface area contributed by atoms with Crippen molar-refractivity contribution in [1.29, 1.82) is 0 Å². The van der Waals surface area contributed by atoms with Crippen molar-refractivity contribution in [2.45, 2.75) is 25.3 Å². The first-order valence-electron chi connectivity index (χ1n) is 9.70. The van der Waals surface area contributed by atoms with Crippen LogP contribution in [0.3, 0.4) is 0 Å². The van der Waals surface area contributed by atoms with Crippen LogP contribution in [-0.2, 0) is 4.79 Å². The number of ether oxygens (including phenoxy) is 1. The molecule has 0 radical (unpaired) electrons. The normalized spacial score (nSPS) is 15.7. The fourth-order valence-corrected chi connectivity index (χ4v) is 3.53. The molecule has 2 aromatic rings. The summed E-state index contributed by atoms with van der Waals surface area (Å²) in [5.74, 6) is 0.863. The summed E-state index contributed by atoms with van der Waals surface area (Å²) in [5, 5.41) is 6.26. The Balaban J connectivity index is 1.59. The van der Waals surface area contributed by atoms with Crippen LogP contribution in [0.2, 0.25) is 0 Å². The molecule has 1 heterocycles. The van der Waals surface area contributed by atoms with E-state index in [1.165, 1.54) is 24.8 Å². The number of carbonyl (C=O) groups excluding carboxylic acids is 1. The SMILES string of the molecule is COc1ccc(C(CNC(=O)CNc2ccccc2)N2CCCCC2)cc1. The van der Waals surface area contributed by atoms with E-state index in [-0.39, 0.29) is 18.5 Å². The molecule has 5 heteroatoms. The number of hydrogen-bond donors (Lipinski definition) is 2. The summed E-state index contributed by atoms with van der Waals surface area (Å²) < 4.78 is 5.27. The van der Waals surface area contributed by atoms with Crippen molar-refractivity contribution < 1.29 is 9.53 Å². The van der Waals surface area contributed by atoms with Crippen molar-refractivity contribution in [2.75, 3.05) is 38.6 Å². The second-order valence-corrected chi connectivity index (χ2v) is 6.91. The number of benzene rings is 2. The molecule has 27 heavy (non-hydrogen) atoms. The molecule has 0 saturated carbocycles. The van der Waals surface area contributed by atoms with E-state index in [9.17, 15) is 4.79 Å². The van der Waals surface area contributed by atoms with E-state index < -0.39 is 0 Å². The smallest absolute Gasteiger partial charge is 0.239 e. The molecule has 1 aliphatic rings. The average Bonchev–Trinajstić information content (AvgIpc) is 2.74. The highest BCUT2D eigenvalue weighted by Gasteiger charge is 2.22. The maximum absolute atomic E-state index is 12.3. The number of piperidine rings is 1. The zero-order valence-corrected chi connectivity index (χ0v) is 16.0. The van der Waals surface area contributed by atoms with Crippen LogP contribution in [0, 0.1) is 0 Å². The number of hydrogen-bond acceptors (Lipinski definition) is 4. The first-order valence-corrected chi connectivity index (χ1v) is 9.70. The van der Waals surface area contributed by atoms with Crippen LogP contribution in [0.5, 0.6) is 5.75 Å². The molecule has 0 spiro atoms. The van der Waals surface area contributed by atoms with E-state index in [4.69, 9.17) is 4.74 Å². The Bertz CT molecular complexity index is 697. The Morgan fingerprint density at radius 3 is 2.41 bits per heavy atom. The predicted octanol–water partition coefficient (Wildman–Crippen LogP) is 3.45. The van der Waals surface area contributed by atoms with Crippen molar-refractivity contribution in [3.05, 3.63) is 60.2 Å². The zero-order valence-electron chi connectivity index (χ0n) is 16.0. The van der Waals surface area contributed by atoms with Crippen LogP contribution < -0.4 is 15.4 Å². The second-order valence-electron chi connectivity index (χ2n) is 6.91. The van der Waals surface area contributed by atoms with Crippen LogP contribution in [0.4, 0.5) is 5.69 Å². The summed E-state index contributed by atoms with van der Waals surface area (Å²) in [6.07, 6.45) is 3.73. The van der Waals surface area contributed by atoms with Gasteiger partial charge in [0.2, 0.25) is 5.91 Å². The summed E-state index contributed by atoms with van der Waals surface area (Å²) in [6, 6.07) is 18.2. The van der Waals surface area contributed by atoms with Crippen LogP contribution in [0.25, 0.3) is 0 Å². The molecule has 2 N–H and O–H groups in total. The molecule has 0 aromatic heterocycles. The van der Waals surface area contributed by atoms with E-state index in [1.807, 2.05) is 42.5 Å². The molecule has 1 amide bonds. The van der Waals surface area contributed by atoms with Crippen molar-refractivity contribution >= 4 is 11.6 Å². The average molecular weight is 367 g/mol. The summed E-state index contributed by atoms with van der Waals surface area (Å²) >= 11 is 0.